The van der Waals surface area contributed by atoms with E-state index in [1.807, 2.05) is 35.4 Å². The minimum absolute atomic E-state index is 0.00398. The van der Waals surface area contributed by atoms with Crippen LogP contribution in [0, 0.1) is 5.92 Å². The summed E-state index contributed by atoms with van der Waals surface area (Å²) in [4.78, 5) is 39.9. The Hall–Kier alpha value is -3.26. The molecule has 2 aromatic heterocycles. The van der Waals surface area contributed by atoms with Crippen molar-refractivity contribution in [1.82, 2.24) is 24.3 Å². The molecule has 6 rings (SSSR count). The molecule has 1 saturated carbocycles. The van der Waals surface area contributed by atoms with Crippen LogP contribution in [0.15, 0.2) is 36.5 Å². The van der Waals surface area contributed by atoms with Crippen LogP contribution in [0.1, 0.15) is 68.9 Å². The number of carbonyl (C=O) groups excluding carboxylic acids is 2. The Morgan fingerprint density at radius 3 is 2.45 bits per heavy atom. The summed E-state index contributed by atoms with van der Waals surface area (Å²) >= 11 is 0. The zero-order valence-electron chi connectivity index (χ0n) is 22.7. The van der Waals surface area contributed by atoms with E-state index in [4.69, 9.17) is 4.98 Å². The van der Waals surface area contributed by atoms with Gasteiger partial charge in [-0.05, 0) is 57.0 Å². The summed E-state index contributed by atoms with van der Waals surface area (Å²) in [5.41, 5.74) is 3.33. The highest BCUT2D eigenvalue weighted by atomic mass is 16.2. The monoisotopic (exact) mass is 514 g/mol. The Labute approximate surface area is 224 Å². The molecule has 1 amide bonds. The minimum Gasteiger partial charge on any atom is -0.336 e. The van der Waals surface area contributed by atoms with Crippen molar-refractivity contribution in [2.24, 2.45) is 5.92 Å². The van der Waals surface area contributed by atoms with Gasteiger partial charge in [-0.15, -0.1) is 0 Å². The Kier molecular flexibility index (Phi) is 6.46. The number of nitrogens with one attached hydrogen (secondary N) is 1. The fraction of sp³-hybridized carbons (Fsp3) is 0.533. The highest BCUT2D eigenvalue weighted by Gasteiger charge is 2.47. The van der Waals surface area contributed by atoms with Gasteiger partial charge in [0.15, 0.2) is 0 Å². The molecule has 1 atom stereocenters. The number of Topliss-reactive ketones (excluding diaryl/α,β-unsaturated/α-hetero) is 1. The van der Waals surface area contributed by atoms with Crippen molar-refractivity contribution < 1.29 is 9.59 Å². The van der Waals surface area contributed by atoms with Crippen LogP contribution >= 0.6 is 0 Å². The van der Waals surface area contributed by atoms with E-state index in [0.29, 0.717) is 29.8 Å². The number of aromatic nitrogens is 3. The van der Waals surface area contributed by atoms with Crippen molar-refractivity contribution in [3.63, 3.8) is 0 Å². The first kappa shape index (κ1) is 25.0. The number of benzene rings is 1. The van der Waals surface area contributed by atoms with Crippen LogP contribution in [0.3, 0.4) is 0 Å². The van der Waals surface area contributed by atoms with Crippen molar-refractivity contribution in [2.75, 3.05) is 31.5 Å². The molecule has 3 aromatic rings. The largest absolute Gasteiger partial charge is 0.336 e. The van der Waals surface area contributed by atoms with Gasteiger partial charge in [0.2, 0.25) is 5.95 Å². The van der Waals surface area contributed by atoms with Gasteiger partial charge in [0.05, 0.1) is 5.54 Å². The summed E-state index contributed by atoms with van der Waals surface area (Å²) < 4.78 is 2.38. The molecule has 8 heteroatoms. The van der Waals surface area contributed by atoms with Crippen LogP contribution in [0.5, 0.6) is 0 Å². The predicted molar refractivity (Wildman–Crippen MR) is 149 cm³/mol. The summed E-state index contributed by atoms with van der Waals surface area (Å²) in [6.07, 6.45) is 7.87. The fourth-order valence-corrected chi connectivity index (χ4v) is 6.83. The summed E-state index contributed by atoms with van der Waals surface area (Å²) in [7, 11) is 0. The summed E-state index contributed by atoms with van der Waals surface area (Å²) in [5, 5.41) is 4.32. The van der Waals surface area contributed by atoms with Crippen molar-refractivity contribution in [3.05, 3.63) is 47.8 Å². The van der Waals surface area contributed by atoms with E-state index in [9.17, 15) is 9.59 Å². The van der Waals surface area contributed by atoms with Crippen molar-refractivity contribution >= 4 is 34.4 Å². The lowest BCUT2D eigenvalue weighted by atomic mass is 9.69. The van der Waals surface area contributed by atoms with Crippen LogP contribution in [0.2, 0.25) is 0 Å². The number of amides is 1. The van der Waals surface area contributed by atoms with Crippen molar-refractivity contribution in [1.29, 1.82) is 0 Å². The molecule has 1 saturated heterocycles. The van der Waals surface area contributed by atoms with E-state index in [0.717, 1.165) is 74.3 Å². The van der Waals surface area contributed by atoms with Gasteiger partial charge in [0.25, 0.3) is 5.91 Å². The normalized spacial score (nSPS) is 21.7. The number of carbonyl (C=O) groups is 2. The molecule has 0 bridgehead atoms. The van der Waals surface area contributed by atoms with Crippen LogP contribution in [0.4, 0.5) is 11.6 Å². The molecule has 1 aromatic carbocycles. The molecular weight excluding hydrogens is 476 g/mol. The van der Waals surface area contributed by atoms with Gasteiger partial charge in [-0.3, -0.25) is 14.5 Å². The molecule has 38 heavy (non-hydrogen) atoms. The highest BCUT2D eigenvalue weighted by molar-refractivity contribution is 5.94. The maximum Gasteiger partial charge on any atom is 0.253 e. The molecule has 1 N–H and O–H groups in total. The molecule has 200 valence electrons. The minimum atomic E-state index is -0.182. The molecular formula is C30H38N6O2. The van der Waals surface area contributed by atoms with Crippen LogP contribution in [0.25, 0.3) is 11.0 Å². The van der Waals surface area contributed by atoms with E-state index < -0.39 is 0 Å². The second-order valence-electron chi connectivity index (χ2n) is 11.6. The zero-order valence-corrected chi connectivity index (χ0v) is 22.7. The molecule has 2 fully saturated rings. The van der Waals surface area contributed by atoms with Gasteiger partial charge in [-0.25, -0.2) is 4.98 Å². The molecule has 1 spiro atoms. The average Bonchev–Trinajstić information content (AvgIpc) is 3.30. The number of hydrogen-bond acceptors (Lipinski definition) is 6. The second kappa shape index (κ2) is 9.80. The number of rotatable bonds is 4. The van der Waals surface area contributed by atoms with E-state index in [2.05, 4.69) is 46.6 Å². The quantitative estimate of drug-likeness (QED) is 0.541. The Bertz CT molecular complexity index is 1350. The standard InChI is InChI=1S/C30H38N6O2/c1-20(2)34-13-15-35(16-14-34)28(38)22-7-9-24(10-8-22)32-29-31-19-23-17-25-18-26(37)21(3)30(11-5-4-6-12-30)36(25)27(23)33-29/h7-10,17,19-21H,4-6,11-16,18H2,1-3H3,(H,31,32,33). The molecule has 1 aliphatic carbocycles. The molecule has 3 aliphatic rings. The first-order chi connectivity index (χ1) is 18.4. The number of hydrogen-bond donors (Lipinski definition) is 1. The topological polar surface area (TPSA) is 83.4 Å². The highest BCUT2D eigenvalue weighted by Crippen LogP contribution is 2.47. The predicted octanol–water partition coefficient (Wildman–Crippen LogP) is 4.76. The molecule has 8 nitrogen and oxygen atoms in total. The van der Waals surface area contributed by atoms with Crippen LogP contribution in [-0.4, -0.2) is 68.2 Å². The Morgan fingerprint density at radius 2 is 1.76 bits per heavy atom. The average molecular weight is 515 g/mol. The number of ketones is 1. The first-order valence-corrected chi connectivity index (χ1v) is 14.2. The first-order valence-electron chi connectivity index (χ1n) is 14.2. The lowest BCUT2D eigenvalue weighted by molar-refractivity contribution is -0.128. The van der Waals surface area contributed by atoms with Crippen molar-refractivity contribution in [3.8, 4) is 0 Å². The van der Waals surface area contributed by atoms with E-state index >= 15 is 0 Å². The van der Waals surface area contributed by atoms with E-state index in [1.54, 1.807) is 0 Å². The number of piperazine rings is 1. The number of nitrogens with zero attached hydrogens (tertiary/aromatic N) is 5. The van der Waals surface area contributed by atoms with Gasteiger partial charge >= 0.3 is 0 Å². The second-order valence-corrected chi connectivity index (χ2v) is 11.6. The zero-order chi connectivity index (χ0) is 26.4. The Morgan fingerprint density at radius 1 is 1.05 bits per heavy atom. The van der Waals surface area contributed by atoms with E-state index in [-0.39, 0.29) is 17.4 Å². The number of fused-ring (bicyclic) bond motifs is 4. The third-order valence-corrected chi connectivity index (χ3v) is 9.15. The van der Waals surface area contributed by atoms with Gasteiger partial charge < -0.3 is 14.8 Å². The SMILES string of the molecule is CC(C)N1CCN(C(=O)c2ccc(Nc3ncc4cc5n(c4n3)C3(CCCCC3)C(C)C(=O)C5)cc2)CC1. The van der Waals surface area contributed by atoms with Gasteiger partial charge in [-0.1, -0.05) is 26.2 Å². The smallest absolute Gasteiger partial charge is 0.253 e. The lowest BCUT2D eigenvalue weighted by Gasteiger charge is -2.47. The summed E-state index contributed by atoms with van der Waals surface area (Å²) in [6, 6.07) is 10.2. The Balaban J connectivity index is 1.22. The molecule has 0 radical (unpaired) electrons. The third kappa shape index (κ3) is 4.28. The third-order valence-electron chi connectivity index (χ3n) is 9.15. The number of anilines is 2. The van der Waals surface area contributed by atoms with Gasteiger partial charge in [0, 0.05) is 73.1 Å². The van der Waals surface area contributed by atoms with Crippen molar-refractivity contribution in [2.45, 2.75) is 70.9 Å². The van der Waals surface area contributed by atoms with Gasteiger partial charge in [-0.2, -0.15) is 4.98 Å². The fourth-order valence-electron chi connectivity index (χ4n) is 6.83. The summed E-state index contributed by atoms with van der Waals surface area (Å²) in [5.74, 6) is 0.942. The van der Waals surface area contributed by atoms with Gasteiger partial charge in [0.1, 0.15) is 11.4 Å². The van der Waals surface area contributed by atoms with E-state index in [1.165, 1.54) is 6.42 Å². The maximum atomic E-state index is 13.0. The lowest BCUT2D eigenvalue weighted by Crippen LogP contribution is -2.50. The molecule has 1 unspecified atom stereocenters. The van der Waals surface area contributed by atoms with Crippen LogP contribution < -0.4 is 5.32 Å². The van der Waals surface area contributed by atoms with Crippen LogP contribution in [-0.2, 0) is 16.8 Å². The summed E-state index contributed by atoms with van der Waals surface area (Å²) in [6.45, 7) is 9.87. The molecule has 2 aliphatic heterocycles. The molecule has 4 heterocycles. The maximum absolute atomic E-state index is 13.0.